The summed E-state index contributed by atoms with van der Waals surface area (Å²) in [5.74, 6) is 0.402. The van der Waals surface area contributed by atoms with Crippen molar-refractivity contribution in [3.05, 3.63) is 23.9 Å². The first-order valence-electron chi connectivity index (χ1n) is 17.1. The van der Waals surface area contributed by atoms with E-state index in [4.69, 9.17) is 20.3 Å². The minimum absolute atomic E-state index is 0. The summed E-state index contributed by atoms with van der Waals surface area (Å²) in [6.45, 7) is -0.536. The van der Waals surface area contributed by atoms with E-state index in [2.05, 4.69) is 38.4 Å². The van der Waals surface area contributed by atoms with Gasteiger partial charge >= 0.3 is 98.9 Å². The van der Waals surface area contributed by atoms with Crippen LogP contribution in [0.2, 0.25) is 0 Å². The molecule has 0 aromatic rings. The molecule has 23 nitrogen and oxygen atoms in total. The molecule has 312 valence electrons. The van der Waals surface area contributed by atoms with E-state index in [0.29, 0.717) is 43.1 Å². The number of rotatable bonds is 22. The third-order valence-electron chi connectivity index (χ3n) is 8.44. The van der Waals surface area contributed by atoms with Gasteiger partial charge < -0.3 is 75.8 Å². The van der Waals surface area contributed by atoms with Crippen LogP contribution in [0.15, 0.2) is 43.9 Å². The monoisotopic (exact) mass is 887 g/mol. The van der Waals surface area contributed by atoms with Gasteiger partial charge in [0, 0.05) is 41.8 Å². The number of thioether (sulfide) groups is 1. The minimum Gasteiger partial charge on any atom is -0.862 e. The molecule has 4 rings (SSSR count). The van der Waals surface area contributed by atoms with Crippen molar-refractivity contribution in [2.45, 2.75) is 99.7 Å². The van der Waals surface area contributed by atoms with Gasteiger partial charge in [0.1, 0.15) is 18.5 Å². The van der Waals surface area contributed by atoms with Gasteiger partial charge in [0.15, 0.2) is 0 Å². The number of unbranched alkanes of at least 4 members (excludes halogenated alkanes) is 3. The number of nitrogens with zero attached hydrogens (tertiary/aromatic N) is 5. The number of hydrogen-bond donors (Lipinski definition) is 7. The summed E-state index contributed by atoms with van der Waals surface area (Å²) in [7, 11) is -16.8. The summed E-state index contributed by atoms with van der Waals surface area (Å²) in [5.41, 5.74) is 6.26. The number of phosphoric ester groups is 1. The van der Waals surface area contributed by atoms with Crippen molar-refractivity contribution in [3.63, 3.8) is 0 Å². The van der Waals surface area contributed by atoms with Crippen molar-refractivity contribution in [1.29, 1.82) is 0 Å². The number of hydrogen-bond acceptors (Lipinski definition) is 20. The molecule has 4 aliphatic heterocycles. The molecule has 0 spiro atoms. The van der Waals surface area contributed by atoms with Crippen molar-refractivity contribution in [1.82, 2.24) is 10.2 Å². The largest absolute Gasteiger partial charge is 1.00 e. The Morgan fingerprint density at radius 1 is 0.983 bits per heavy atom. The van der Waals surface area contributed by atoms with Gasteiger partial charge in [-0.15, -0.1) is 0 Å². The van der Waals surface area contributed by atoms with Crippen LogP contribution in [0.5, 0.6) is 0 Å². The Bertz CT molecular complexity index is 1680. The molecule has 8 N–H and O–H groups in total. The second-order valence-electron chi connectivity index (χ2n) is 12.7. The Balaban J connectivity index is 0.00000841. The Kier molecular flexibility index (Phi) is 27.3. The zero-order valence-corrected chi connectivity index (χ0v) is 36.8. The van der Waals surface area contributed by atoms with Gasteiger partial charge in [-0.05, 0) is 50.3 Å². The fourth-order valence-electron chi connectivity index (χ4n) is 5.87. The molecule has 6 unspecified atom stereocenters. The number of nitrogens with one attached hydrogen (secondary N) is 1. The van der Waals surface area contributed by atoms with Crippen LogP contribution in [0.25, 0.3) is 0 Å². The maximum atomic E-state index is 12.6. The van der Waals surface area contributed by atoms with Gasteiger partial charge in [0.2, 0.25) is 0 Å². The van der Waals surface area contributed by atoms with Crippen LogP contribution in [0, 0.1) is 0 Å². The van der Waals surface area contributed by atoms with Crippen molar-refractivity contribution in [3.8, 4) is 0 Å². The van der Waals surface area contributed by atoms with E-state index in [1.54, 1.807) is 0 Å². The van der Waals surface area contributed by atoms with Crippen LogP contribution in [0.1, 0.15) is 57.8 Å². The molecule has 4 aliphatic rings. The molecule has 0 bridgehead atoms. The molecule has 0 aliphatic carbocycles. The molecule has 0 aromatic carbocycles. The first kappa shape index (κ1) is 59.0. The van der Waals surface area contributed by atoms with Crippen LogP contribution < -0.4 is 107 Å². The fraction of sp³-hybridized carbons (Fsp3) is 0.714. The van der Waals surface area contributed by atoms with Crippen LogP contribution >= 0.6 is 35.2 Å². The van der Waals surface area contributed by atoms with Crippen molar-refractivity contribution in [2.24, 2.45) is 25.7 Å². The zero-order valence-electron chi connectivity index (χ0n) is 33.3. The number of aliphatic hydroxyl groups is 1. The van der Waals surface area contributed by atoms with E-state index in [1.165, 1.54) is 18.4 Å². The first-order valence-corrected chi connectivity index (χ1v) is 22.7. The van der Waals surface area contributed by atoms with Crippen LogP contribution in [-0.2, 0) is 31.6 Å². The van der Waals surface area contributed by atoms with Crippen molar-refractivity contribution >= 4 is 59.1 Å². The maximum Gasteiger partial charge on any atom is 1.00 e. The zero-order chi connectivity index (χ0) is 40.4. The van der Waals surface area contributed by atoms with Gasteiger partial charge in [-0.3, -0.25) is 14.5 Å². The average molecular weight is 887 g/mol. The summed E-state index contributed by atoms with van der Waals surface area (Å²) < 4.78 is 51.6. The van der Waals surface area contributed by atoms with E-state index < -0.39 is 60.7 Å². The molecule has 31 heteroatoms. The number of amidine groups is 2. The molecule has 59 heavy (non-hydrogen) atoms. The maximum absolute atomic E-state index is 12.6. The predicted molar refractivity (Wildman–Crippen MR) is 190 cm³/mol. The van der Waals surface area contributed by atoms with Crippen molar-refractivity contribution < 1.29 is 152 Å². The molecule has 9 atom stereocenters. The quantitative estimate of drug-likeness (QED) is 0.0174. The van der Waals surface area contributed by atoms with E-state index in [9.17, 15) is 49.0 Å². The molecule has 2 saturated heterocycles. The fourth-order valence-corrected chi connectivity index (χ4v) is 10.4. The summed E-state index contributed by atoms with van der Waals surface area (Å²) in [4.78, 5) is 53.2. The average Bonchev–Trinajstić information content (AvgIpc) is 3.74. The molecule has 0 radical (unpaired) electrons. The van der Waals surface area contributed by atoms with Gasteiger partial charge in [-0.1, -0.05) is 25.0 Å². The Labute approximate surface area is 393 Å². The molecule has 0 saturated carbocycles. The third-order valence-corrected chi connectivity index (χ3v) is 13.7. The Hall–Kier alpha value is -0.0104. The van der Waals surface area contributed by atoms with Crippen LogP contribution in [-0.4, -0.2) is 121 Å². The molecular formula is C28H44Li4N7O16P3S. The molecule has 2 fully saturated rings. The van der Waals surface area contributed by atoms with E-state index >= 15 is 0 Å². The second kappa shape index (κ2) is 27.3. The molecule has 0 aromatic heterocycles. The standard InChI is InChI=1S/C28H48N7O16P3S.4Li/c29-26-17(14-35(28(40)34-26)24-13-19(36)20(49-24)15-48-53(44,45)51-54(46,47)50-52(41,42)43)7-6-12-31-22(37)9-2-1-5-11-30-23(38)10-4-3-8-21-25-18(16-55-21)32-27(39)33-25;;;;/h6-7,14,18-21,24-26,36H,1-5,8-13,15-16,29H2,(H,30,38)(H,31,37)(H,34,40)(H,44,45)(H,46,47)(H2,32,33,39)(H2,41,42,43);;;;/q;4*+1/p-4/t18-,19?,20?,21-,24?,25-,26?;;;;/m0..../s1. The minimum atomic E-state index is -5.75. The van der Waals surface area contributed by atoms with Gasteiger partial charge in [-0.25, -0.2) is 13.7 Å². The summed E-state index contributed by atoms with van der Waals surface area (Å²) in [6.07, 6.45) is 4.10. The number of phosphoric acid groups is 3. The van der Waals surface area contributed by atoms with Crippen molar-refractivity contribution in [2.75, 3.05) is 25.4 Å². The number of ether oxygens (including phenoxy) is 1. The molecular weight excluding hydrogens is 843 g/mol. The number of nitrogens with two attached hydrogens (primary N) is 1. The van der Waals surface area contributed by atoms with Crippen LogP contribution in [0.4, 0.5) is 0 Å². The predicted octanol–water partition coefficient (Wildman–Crippen LogP) is -14.6. The smallest absolute Gasteiger partial charge is 0.862 e. The van der Waals surface area contributed by atoms with Gasteiger partial charge in [0.05, 0.1) is 37.4 Å². The summed E-state index contributed by atoms with van der Waals surface area (Å²) >= 11 is 1.81. The summed E-state index contributed by atoms with van der Waals surface area (Å²) in [5, 5.41) is 61.8. The SMILES string of the molecule is NC1N=C([O-])N(C2CC(O)C(COP(=O)(O)OP(=O)(O)OP(=O)(O)O)O2)C=C1C=CCN=C([O-])CCCCCN=C([O-])CCCC[C@@H]1SC[C@@H]2NC([O-])=N[C@@H]21.[Li+].[Li+].[Li+].[Li+]. The van der Waals surface area contributed by atoms with E-state index in [0.717, 1.165) is 29.9 Å². The summed E-state index contributed by atoms with van der Waals surface area (Å²) in [6, 6.07) is -0.912. The number of aliphatic imine (C=N–C) groups is 4. The topological polar surface area (TPSA) is 372 Å². The number of aliphatic hydroxyl groups excluding tert-OH is 1. The van der Waals surface area contributed by atoms with E-state index in [1.807, 2.05) is 11.8 Å². The first-order chi connectivity index (χ1) is 25.8. The second-order valence-corrected chi connectivity index (χ2v) is 18.4. The Morgan fingerprint density at radius 2 is 1.64 bits per heavy atom. The van der Waals surface area contributed by atoms with Gasteiger partial charge in [-0.2, -0.15) is 20.4 Å². The number of fused-ring (bicyclic) bond motifs is 1. The normalized spacial score (nSPS) is 27.7. The van der Waals surface area contributed by atoms with E-state index in [-0.39, 0.29) is 125 Å². The third kappa shape index (κ3) is 20.6. The molecule has 0 amide bonds. The Morgan fingerprint density at radius 3 is 2.32 bits per heavy atom. The van der Waals surface area contributed by atoms with Crippen LogP contribution in [0.3, 0.4) is 0 Å². The van der Waals surface area contributed by atoms with Gasteiger partial charge in [0.25, 0.3) is 0 Å². The molecule has 4 heterocycles.